The molecule has 0 radical (unpaired) electrons. The van der Waals surface area contributed by atoms with E-state index in [4.69, 9.17) is 0 Å². The molecule has 1 aromatic heterocycles. The van der Waals surface area contributed by atoms with Crippen molar-refractivity contribution in [1.82, 2.24) is 13.9 Å². The lowest BCUT2D eigenvalue weighted by molar-refractivity contribution is -0.144. The number of hydrogen-bond acceptors (Lipinski definition) is 4. The molecular weight excluding hydrogens is 270 g/mol. The van der Waals surface area contributed by atoms with E-state index in [0.29, 0.717) is 12.8 Å². The summed E-state index contributed by atoms with van der Waals surface area (Å²) in [7, 11) is -2.18. The summed E-state index contributed by atoms with van der Waals surface area (Å²) >= 11 is 0. The number of imidazole rings is 1. The van der Waals surface area contributed by atoms with Crippen molar-refractivity contribution in [2.75, 3.05) is 6.54 Å². The molecule has 0 saturated carbocycles. The first-order valence-corrected chi connectivity index (χ1v) is 7.50. The number of piperidine rings is 1. The molecular formula is C11H17N3O4S. The van der Waals surface area contributed by atoms with Crippen LogP contribution in [0.25, 0.3) is 0 Å². The summed E-state index contributed by atoms with van der Waals surface area (Å²) < 4.78 is 27.5. The molecule has 0 bridgehead atoms. The zero-order chi connectivity index (χ0) is 14.2. The van der Waals surface area contributed by atoms with Gasteiger partial charge in [0.15, 0.2) is 5.03 Å². The molecule has 1 fully saturated rings. The minimum atomic E-state index is -3.85. The standard InChI is InChI=1S/C11H17N3O4S/c1-8-4-3-5-14(10(8)11(15)16)19(17,18)9-6-13(2)7-12-9/h6-8,10H,3-5H2,1-2H3,(H,15,16). The Labute approximate surface area is 111 Å². The van der Waals surface area contributed by atoms with Crippen molar-refractivity contribution < 1.29 is 18.3 Å². The highest BCUT2D eigenvalue weighted by Crippen LogP contribution is 2.28. The summed E-state index contributed by atoms with van der Waals surface area (Å²) in [5.74, 6) is -1.31. The van der Waals surface area contributed by atoms with Gasteiger partial charge in [0.2, 0.25) is 0 Å². The topological polar surface area (TPSA) is 92.5 Å². The maximum Gasteiger partial charge on any atom is 0.322 e. The van der Waals surface area contributed by atoms with Crippen LogP contribution in [0.4, 0.5) is 0 Å². The van der Waals surface area contributed by atoms with Crippen LogP contribution in [0.15, 0.2) is 17.6 Å². The molecule has 1 aliphatic heterocycles. The molecule has 2 heterocycles. The number of aryl methyl sites for hydroxylation is 1. The Hall–Kier alpha value is -1.41. The van der Waals surface area contributed by atoms with Gasteiger partial charge in [-0.05, 0) is 18.8 Å². The third kappa shape index (κ3) is 2.50. The van der Waals surface area contributed by atoms with E-state index in [1.54, 1.807) is 14.0 Å². The predicted octanol–water partition coefficient (Wildman–Crippen LogP) is 0.294. The van der Waals surface area contributed by atoms with Gasteiger partial charge < -0.3 is 9.67 Å². The van der Waals surface area contributed by atoms with Crippen molar-refractivity contribution in [3.05, 3.63) is 12.5 Å². The summed E-state index contributed by atoms with van der Waals surface area (Å²) in [5, 5.41) is 9.16. The molecule has 1 N–H and O–H groups in total. The second-order valence-electron chi connectivity index (χ2n) is 4.90. The lowest BCUT2D eigenvalue weighted by atomic mass is 9.93. The van der Waals surface area contributed by atoms with E-state index in [-0.39, 0.29) is 17.5 Å². The van der Waals surface area contributed by atoms with Gasteiger partial charge in [-0.15, -0.1) is 0 Å². The Morgan fingerprint density at radius 3 is 2.74 bits per heavy atom. The minimum Gasteiger partial charge on any atom is -0.480 e. The monoisotopic (exact) mass is 287 g/mol. The quantitative estimate of drug-likeness (QED) is 0.862. The van der Waals surface area contributed by atoms with Crippen LogP contribution in [-0.2, 0) is 21.9 Å². The molecule has 2 atom stereocenters. The molecule has 8 heteroatoms. The number of carboxylic acids is 1. The fourth-order valence-corrected chi connectivity index (χ4v) is 4.11. The van der Waals surface area contributed by atoms with Gasteiger partial charge >= 0.3 is 5.97 Å². The predicted molar refractivity (Wildman–Crippen MR) is 66.9 cm³/mol. The molecule has 0 spiro atoms. The number of hydrogen-bond donors (Lipinski definition) is 1. The largest absolute Gasteiger partial charge is 0.480 e. The van der Waals surface area contributed by atoms with Crippen LogP contribution in [0.5, 0.6) is 0 Å². The average molecular weight is 287 g/mol. The van der Waals surface area contributed by atoms with Crippen molar-refractivity contribution in [2.24, 2.45) is 13.0 Å². The third-order valence-electron chi connectivity index (χ3n) is 3.39. The van der Waals surface area contributed by atoms with E-state index in [9.17, 15) is 18.3 Å². The van der Waals surface area contributed by atoms with Crippen molar-refractivity contribution in [3.8, 4) is 0 Å². The van der Waals surface area contributed by atoms with Gasteiger partial charge in [-0.1, -0.05) is 6.92 Å². The summed E-state index contributed by atoms with van der Waals surface area (Å²) in [6.07, 6.45) is 4.14. The molecule has 0 aliphatic carbocycles. The molecule has 2 unspecified atom stereocenters. The van der Waals surface area contributed by atoms with Gasteiger partial charge in [0.25, 0.3) is 10.0 Å². The van der Waals surface area contributed by atoms with E-state index in [1.165, 1.54) is 17.1 Å². The maximum atomic E-state index is 12.4. The second-order valence-corrected chi connectivity index (χ2v) is 6.73. The number of nitrogens with zero attached hydrogens (tertiary/aromatic N) is 3. The summed E-state index contributed by atoms with van der Waals surface area (Å²) in [6, 6.07) is -1.01. The number of aliphatic carboxylic acids is 1. The SMILES string of the molecule is CC1CCCN(S(=O)(=O)c2cn(C)cn2)C1C(=O)O. The van der Waals surface area contributed by atoms with E-state index in [0.717, 1.165) is 4.31 Å². The number of carboxylic acid groups (broad SMARTS) is 1. The summed E-state index contributed by atoms with van der Waals surface area (Å²) in [6.45, 7) is 1.99. The fraction of sp³-hybridized carbons (Fsp3) is 0.636. The van der Waals surface area contributed by atoms with Gasteiger partial charge in [0, 0.05) is 19.8 Å². The Balaban J connectivity index is 2.40. The molecule has 1 saturated heterocycles. The van der Waals surface area contributed by atoms with Crippen LogP contribution in [0.1, 0.15) is 19.8 Å². The zero-order valence-electron chi connectivity index (χ0n) is 10.9. The Morgan fingerprint density at radius 1 is 1.53 bits per heavy atom. The molecule has 19 heavy (non-hydrogen) atoms. The van der Waals surface area contributed by atoms with Crippen LogP contribution in [0, 0.1) is 5.92 Å². The van der Waals surface area contributed by atoms with Crippen LogP contribution in [0.3, 0.4) is 0 Å². The normalized spacial score (nSPS) is 25.4. The van der Waals surface area contributed by atoms with Gasteiger partial charge in [0.1, 0.15) is 6.04 Å². The van der Waals surface area contributed by atoms with Gasteiger partial charge in [-0.2, -0.15) is 4.31 Å². The third-order valence-corrected chi connectivity index (χ3v) is 5.16. The van der Waals surface area contributed by atoms with E-state index in [1.807, 2.05) is 0 Å². The molecule has 0 aromatic carbocycles. The van der Waals surface area contributed by atoms with Crippen molar-refractivity contribution >= 4 is 16.0 Å². The highest BCUT2D eigenvalue weighted by molar-refractivity contribution is 7.89. The zero-order valence-corrected chi connectivity index (χ0v) is 11.7. The fourth-order valence-electron chi connectivity index (χ4n) is 2.43. The highest BCUT2D eigenvalue weighted by atomic mass is 32.2. The Bertz CT molecular complexity index is 581. The van der Waals surface area contributed by atoms with E-state index in [2.05, 4.69) is 4.98 Å². The van der Waals surface area contributed by atoms with Gasteiger partial charge in [0.05, 0.1) is 6.33 Å². The maximum absolute atomic E-state index is 12.4. The highest BCUT2D eigenvalue weighted by Gasteiger charge is 2.42. The van der Waals surface area contributed by atoms with Crippen LogP contribution in [-0.4, -0.2) is 45.9 Å². The second kappa shape index (κ2) is 4.93. The van der Waals surface area contributed by atoms with E-state index >= 15 is 0 Å². The molecule has 106 valence electrons. The van der Waals surface area contributed by atoms with Crippen LogP contribution in [0.2, 0.25) is 0 Å². The Morgan fingerprint density at radius 2 is 2.21 bits per heavy atom. The average Bonchev–Trinajstić information content (AvgIpc) is 2.75. The first-order valence-electron chi connectivity index (χ1n) is 6.06. The minimum absolute atomic E-state index is 0.102. The van der Waals surface area contributed by atoms with Gasteiger partial charge in [-0.25, -0.2) is 13.4 Å². The number of carbonyl (C=O) groups is 1. The lowest BCUT2D eigenvalue weighted by Gasteiger charge is -2.35. The van der Waals surface area contributed by atoms with Crippen molar-refractivity contribution in [1.29, 1.82) is 0 Å². The van der Waals surface area contributed by atoms with Crippen molar-refractivity contribution in [2.45, 2.75) is 30.8 Å². The molecule has 1 aliphatic rings. The number of rotatable bonds is 3. The number of sulfonamides is 1. The van der Waals surface area contributed by atoms with Crippen LogP contribution < -0.4 is 0 Å². The molecule has 1 aromatic rings. The van der Waals surface area contributed by atoms with Crippen molar-refractivity contribution in [3.63, 3.8) is 0 Å². The summed E-state index contributed by atoms with van der Waals surface area (Å²) in [4.78, 5) is 15.1. The lowest BCUT2D eigenvalue weighted by Crippen LogP contribution is -2.51. The molecule has 0 amide bonds. The first-order chi connectivity index (χ1) is 8.84. The molecule has 7 nitrogen and oxygen atoms in total. The molecule has 2 rings (SSSR count). The summed E-state index contributed by atoms with van der Waals surface area (Å²) in [5.41, 5.74) is 0. The first kappa shape index (κ1) is 14.0. The number of aromatic nitrogens is 2. The van der Waals surface area contributed by atoms with Crippen LogP contribution >= 0.6 is 0 Å². The van der Waals surface area contributed by atoms with E-state index < -0.39 is 22.0 Å². The van der Waals surface area contributed by atoms with Gasteiger partial charge in [-0.3, -0.25) is 4.79 Å². The smallest absolute Gasteiger partial charge is 0.322 e. The Kier molecular flexibility index (Phi) is 3.64.